The van der Waals surface area contributed by atoms with E-state index in [1.807, 2.05) is 36.4 Å². The first-order valence-corrected chi connectivity index (χ1v) is 19.1. The number of fused-ring (bicyclic) bond motifs is 6. The smallest absolute Gasteiger partial charge is 0.172 e. The molecule has 0 saturated heterocycles. The average molecular weight is 670 g/mol. The summed E-state index contributed by atoms with van der Waals surface area (Å²) in [4.78, 5) is 0. The van der Waals surface area contributed by atoms with Crippen molar-refractivity contribution in [2.75, 3.05) is 0 Å². The van der Waals surface area contributed by atoms with Gasteiger partial charge in [-0.25, -0.2) is 0 Å². The van der Waals surface area contributed by atoms with Crippen LogP contribution in [0.5, 0.6) is 0 Å². The molecule has 0 fully saturated rings. The minimum Gasteiger partial charge on any atom is -0.309 e. The molecule has 8 aromatic carbocycles. The number of nitrogens with zero attached hydrogens (tertiary/aromatic N) is 1. The van der Waals surface area contributed by atoms with Gasteiger partial charge in [0.15, 0.2) is 7.14 Å². The second kappa shape index (κ2) is 11.7. The zero-order valence-electron chi connectivity index (χ0n) is 27.8. The van der Waals surface area contributed by atoms with E-state index in [1.54, 1.807) is 0 Å². The molecule has 2 nitrogen and oxygen atoms in total. The summed E-state index contributed by atoms with van der Waals surface area (Å²) in [7, 11) is -3.08. The number of hydrogen-bond donors (Lipinski definition) is 0. The maximum atomic E-state index is 15.4. The van der Waals surface area contributed by atoms with Gasteiger partial charge in [-0.05, 0) is 80.9 Å². The molecule has 1 aromatic heterocycles. The van der Waals surface area contributed by atoms with Crippen LogP contribution in [0.2, 0.25) is 0 Å². The summed E-state index contributed by atoms with van der Waals surface area (Å²) in [5, 5.41) is 4.96. The summed E-state index contributed by atoms with van der Waals surface area (Å²) in [6.07, 6.45) is 0. The largest absolute Gasteiger partial charge is 0.309 e. The van der Waals surface area contributed by atoms with Crippen LogP contribution >= 0.6 is 7.14 Å². The zero-order chi connectivity index (χ0) is 33.9. The first-order valence-electron chi connectivity index (χ1n) is 17.4. The van der Waals surface area contributed by atoms with E-state index in [1.165, 1.54) is 16.7 Å². The Labute approximate surface area is 297 Å². The highest BCUT2D eigenvalue weighted by Gasteiger charge is 2.40. The van der Waals surface area contributed by atoms with Crippen molar-refractivity contribution in [2.45, 2.75) is 0 Å². The lowest BCUT2D eigenvalue weighted by Gasteiger charge is -2.16. The molecule has 0 saturated carbocycles. The molecule has 3 heteroatoms. The molecule has 0 radical (unpaired) electrons. The molecule has 0 aliphatic carbocycles. The third-order valence-electron chi connectivity index (χ3n) is 10.4. The van der Waals surface area contributed by atoms with Crippen molar-refractivity contribution in [2.24, 2.45) is 0 Å². The first kappa shape index (κ1) is 29.7. The lowest BCUT2D eigenvalue weighted by Crippen LogP contribution is -2.20. The quantitative estimate of drug-likeness (QED) is 0.167. The zero-order valence-corrected chi connectivity index (χ0v) is 28.7. The molecule has 1 aliphatic rings. The van der Waals surface area contributed by atoms with Gasteiger partial charge in [0.25, 0.3) is 0 Å². The fourth-order valence-electron chi connectivity index (χ4n) is 7.97. The van der Waals surface area contributed by atoms with Crippen molar-refractivity contribution < 1.29 is 4.57 Å². The number of hydrogen-bond acceptors (Lipinski definition) is 1. The second-order valence-corrected chi connectivity index (χ2v) is 16.0. The van der Waals surface area contributed by atoms with Crippen LogP contribution in [0.3, 0.4) is 0 Å². The highest BCUT2D eigenvalue weighted by Crippen LogP contribution is 2.53. The van der Waals surface area contributed by atoms with Crippen molar-refractivity contribution in [3.8, 4) is 50.2 Å². The molecule has 51 heavy (non-hydrogen) atoms. The van der Waals surface area contributed by atoms with Gasteiger partial charge >= 0.3 is 0 Å². The normalized spacial score (nSPS) is 14.8. The summed E-state index contributed by atoms with van der Waals surface area (Å²) in [5.74, 6) is 0. The molecule has 10 rings (SSSR count). The van der Waals surface area contributed by atoms with Crippen molar-refractivity contribution >= 4 is 44.9 Å². The molecular weight excluding hydrogens is 638 g/mol. The first-order chi connectivity index (χ1) is 25.2. The van der Waals surface area contributed by atoms with E-state index < -0.39 is 7.14 Å². The summed E-state index contributed by atoms with van der Waals surface area (Å²) in [6.45, 7) is 0. The molecular formula is C48H32NOP. The Morgan fingerprint density at radius 2 is 0.882 bits per heavy atom. The van der Waals surface area contributed by atoms with Crippen LogP contribution in [0.25, 0.3) is 72.0 Å². The van der Waals surface area contributed by atoms with Crippen LogP contribution in [0.15, 0.2) is 194 Å². The van der Waals surface area contributed by atoms with E-state index in [2.05, 4.69) is 162 Å². The van der Waals surface area contributed by atoms with E-state index in [4.69, 9.17) is 0 Å². The van der Waals surface area contributed by atoms with E-state index >= 15 is 4.57 Å². The van der Waals surface area contributed by atoms with Crippen LogP contribution < -0.4 is 15.9 Å². The molecule has 0 amide bonds. The minimum absolute atomic E-state index is 0.873. The number of para-hydroxylation sites is 1. The van der Waals surface area contributed by atoms with Gasteiger partial charge in [0, 0.05) is 32.4 Å². The lowest BCUT2D eigenvalue weighted by atomic mass is 9.96. The Morgan fingerprint density at radius 3 is 1.57 bits per heavy atom. The summed E-state index contributed by atoms with van der Waals surface area (Å²) in [6, 6.07) is 68.3. The summed E-state index contributed by atoms with van der Waals surface area (Å²) < 4.78 is 17.8. The van der Waals surface area contributed by atoms with E-state index in [9.17, 15) is 0 Å². The van der Waals surface area contributed by atoms with Crippen molar-refractivity contribution in [3.63, 3.8) is 0 Å². The molecule has 2 heterocycles. The van der Waals surface area contributed by atoms with Gasteiger partial charge in [0.05, 0.1) is 11.0 Å². The van der Waals surface area contributed by atoms with Crippen LogP contribution in [0.1, 0.15) is 0 Å². The van der Waals surface area contributed by atoms with Gasteiger partial charge in [-0.15, -0.1) is 0 Å². The summed E-state index contributed by atoms with van der Waals surface area (Å²) in [5.41, 5.74) is 12.4. The third kappa shape index (κ3) is 4.68. The standard InChI is InChI=1S/C48H32NOP/c50-51(40-18-8-3-9-19-40)47-23-13-11-21-42(47)44-31-46-43(32-48(44)51)41-20-10-12-22-45(41)49(46)39-29-37(34-16-6-2-7-17-34)28-38(30-39)36-26-24-35(25-27-36)33-14-4-1-5-15-33/h1-32H. The van der Waals surface area contributed by atoms with Gasteiger partial charge in [-0.2, -0.15) is 0 Å². The molecule has 240 valence electrons. The SMILES string of the molecule is O=P1(c2ccccc2)c2ccccc2-c2cc3c(cc21)c1ccccc1n3-c1cc(-c2ccccc2)cc(-c2ccc(-c3ccccc3)cc2)c1. The highest BCUT2D eigenvalue weighted by atomic mass is 31.2. The fourth-order valence-corrected chi connectivity index (χ4v) is 11.0. The number of aromatic nitrogens is 1. The molecule has 0 N–H and O–H groups in total. The van der Waals surface area contributed by atoms with Gasteiger partial charge in [0.1, 0.15) is 0 Å². The Hall–Kier alpha value is -6.21. The number of benzene rings is 8. The van der Waals surface area contributed by atoms with E-state index in [0.717, 1.165) is 71.2 Å². The number of rotatable bonds is 5. The Bertz CT molecular complexity index is 2800. The molecule has 0 spiro atoms. The van der Waals surface area contributed by atoms with Crippen molar-refractivity contribution in [1.29, 1.82) is 0 Å². The van der Waals surface area contributed by atoms with E-state index in [0.29, 0.717) is 0 Å². The monoisotopic (exact) mass is 669 g/mol. The molecule has 9 aromatic rings. The minimum atomic E-state index is -3.08. The third-order valence-corrected chi connectivity index (χ3v) is 13.5. The summed E-state index contributed by atoms with van der Waals surface area (Å²) >= 11 is 0. The van der Waals surface area contributed by atoms with E-state index in [-0.39, 0.29) is 0 Å². The van der Waals surface area contributed by atoms with Gasteiger partial charge in [0.2, 0.25) is 0 Å². The van der Waals surface area contributed by atoms with Gasteiger partial charge < -0.3 is 9.13 Å². The van der Waals surface area contributed by atoms with Crippen LogP contribution in [0.4, 0.5) is 0 Å². The molecule has 1 unspecified atom stereocenters. The maximum absolute atomic E-state index is 15.4. The second-order valence-electron chi connectivity index (χ2n) is 13.3. The van der Waals surface area contributed by atoms with Crippen molar-refractivity contribution in [3.05, 3.63) is 194 Å². The lowest BCUT2D eigenvalue weighted by molar-refractivity contribution is 0.593. The Kier molecular flexibility index (Phi) is 6.81. The van der Waals surface area contributed by atoms with Crippen LogP contribution in [-0.2, 0) is 4.57 Å². The maximum Gasteiger partial charge on any atom is 0.172 e. The molecule has 1 aliphatic heterocycles. The Balaban J connectivity index is 1.23. The molecule has 1 atom stereocenters. The van der Waals surface area contributed by atoms with Crippen LogP contribution in [-0.4, -0.2) is 4.57 Å². The van der Waals surface area contributed by atoms with Gasteiger partial charge in [-0.1, -0.05) is 158 Å². The predicted molar refractivity (Wildman–Crippen MR) is 215 cm³/mol. The van der Waals surface area contributed by atoms with Crippen molar-refractivity contribution in [1.82, 2.24) is 4.57 Å². The predicted octanol–water partition coefficient (Wildman–Crippen LogP) is 11.4. The fraction of sp³-hybridized carbons (Fsp3) is 0. The van der Waals surface area contributed by atoms with Gasteiger partial charge in [-0.3, -0.25) is 0 Å². The Morgan fingerprint density at radius 1 is 0.353 bits per heavy atom. The highest BCUT2D eigenvalue weighted by molar-refractivity contribution is 7.86. The van der Waals surface area contributed by atoms with Crippen LogP contribution in [0, 0.1) is 0 Å². The average Bonchev–Trinajstić information content (AvgIpc) is 3.67. The topological polar surface area (TPSA) is 22.0 Å². The molecule has 0 bridgehead atoms.